The van der Waals surface area contributed by atoms with Crippen LogP contribution >= 0.6 is 0 Å². The van der Waals surface area contributed by atoms with E-state index in [1.165, 1.54) is 0 Å². The molecule has 0 radical (unpaired) electrons. The van der Waals surface area contributed by atoms with Gasteiger partial charge in [-0.1, -0.05) is 28.7 Å². The Labute approximate surface area is 94.7 Å². The van der Waals surface area contributed by atoms with Crippen molar-refractivity contribution in [1.82, 2.24) is 0 Å². The van der Waals surface area contributed by atoms with Crippen molar-refractivity contribution >= 4 is 17.6 Å². The molecule has 1 atom stereocenters. The van der Waals surface area contributed by atoms with Crippen LogP contribution in [0.1, 0.15) is 31.9 Å². The highest BCUT2D eigenvalue weighted by Crippen LogP contribution is 2.17. The van der Waals surface area contributed by atoms with Crippen LogP contribution in [-0.4, -0.2) is 15.5 Å². The third-order valence-corrected chi connectivity index (χ3v) is 3.34. The van der Waals surface area contributed by atoms with Gasteiger partial charge in [0.2, 0.25) is 0 Å². The fourth-order valence-corrected chi connectivity index (χ4v) is 1.52. The molecule has 0 N–H and O–H groups in total. The highest BCUT2D eigenvalue weighted by Gasteiger charge is 2.25. The minimum Gasteiger partial charge on any atom is -0.591 e. The number of hydrogen-bond acceptors (Lipinski definition) is 2. The Morgan fingerprint density at radius 2 is 1.87 bits per heavy atom. The molecular formula is C12H17NOS. The van der Waals surface area contributed by atoms with E-state index in [1.54, 1.807) is 6.21 Å². The van der Waals surface area contributed by atoms with Crippen molar-refractivity contribution in [3.8, 4) is 0 Å². The molecule has 1 aromatic carbocycles. The van der Waals surface area contributed by atoms with E-state index in [0.29, 0.717) is 0 Å². The van der Waals surface area contributed by atoms with Crippen LogP contribution < -0.4 is 0 Å². The second kappa shape index (κ2) is 4.81. The highest BCUT2D eigenvalue weighted by atomic mass is 32.2. The number of benzene rings is 1. The van der Waals surface area contributed by atoms with Gasteiger partial charge < -0.3 is 4.55 Å². The summed E-state index contributed by atoms with van der Waals surface area (Å²) in [6, 6.07) is 7.92. The lowest BCUT2D eigenvalue weighted by Crippen LogP contribution is -2.25. The summed E-state index contributed by atoms with van der Waals surface area (Å²) in [6.07, 6.45) is 1.69. The molecular weight excluding hydrogens is 206 g/mol. The standard InChI is InChI=1S/C12H17NOS/c1-10-7-5-6-8-11(10)9-13-15(14)12(2,3)4/h5-9H,1-4H3/b13-9+/t15-/m1/s1. The van der Waals surface area contributed by atoms with Crippen LogP contribution in [0.3, 0.4) is 0 Å². The fraction of sp³-hybridized carbons (Fsp3) is 0.417. The maximum atomic E-state index is 11.7. The van der Waals surface area contributed by atoms with Crippen LogP contribution in [0.5, 0.6) is 0 Å². The molecule has 0 unspecified atom stereocenters. The SMILES string of the molecule is Cc1ccccc1/C=N/[S@+]([O-])C(C)(C)C. The third kappa shape index (κ3) is 3.68. The number of aryl methyl sites for hydroxylation is 1. The van der Waals surface area contributed by atoms with Crippen LogP contribution in [-0.2, 0) is 11.4 Å². The summed E-state index contributed by atoms with van der Waals surface area (Å²) < 4.78 is 15.4. The minimum atomic E-state index is -1.18. The second-order valence-electron chi connectivity index (χ2n) is 4.45. The normalized spacial score (nSPS) is 14.5. The maximum Gasteiger partial charge on any atom is 0.144 e. The molecule has 1 rings (SSSR count). The fourth-order valence-electron chi connectivity index (χ4n) is 0.994. The monoisotopic (exact) mass is 223 g/mol. The van der Waals surface area contributed by atoms with Crippen molar-refractivity contribution in [3.05, 3.63) is 35.4 Å². The van der Waals surface area contributed by atoms with Crippen molar-refractivity contribution in [3.63, 3.8) is 0 Å². The van der Waals surface area contributed by atoms with Gasteiger partial charge in [-0.25, -0.2) is 0 Å². The lowest BCUT2D eigenvalue weighted by molar-refractivity contribution is 0.562. The Kier molecular flexibility index (Phi) is 3.94. The van der Waals surface area contributed by atoms with Gasteiger partial charge in [0.05, 0.1) is 6.21 Å². The maximum absolute atomic E-state index is 11.7. The van der Waals surface area contributed by atoms with Crippen molar-refractivity contribution in [2.75, 3.05) is 0 Å². The van der Waals surface area contributed by atoms with Gasteiger partial charge in [-0.15, -0.1) is 0 Å². The molecule has 0 amide bonds. The summed E-state index contributed by atoms with van der Waals surface area (Å²) in [4.78, 5) is 0. The van der Waals surface area contributed by atoms with Gasteiger partial charge in [0.25, 0.3) is 0 Å². The van der Waals surface area contributed by atoms with Crippen LogP contribution in [0.2, 0.25) is 0 Å². The number of nitrogens with zero attached hydrogens (tertiary/aromatic N) is 1. The molecule has 0 spiro atoms. The van der Waals surface area contributed by atoms with Gasteiger partial charge >= 0.3 is 0 Å². The van der Waals surface area contributed by atoms with E-state index in [4.69, 9.17) is 0 Å². The predicted molar refractivity (Wildman–Crippen MR) is 66.7 cm³/mol. The smallest absolute Gasteiger partial charge is 0.144 e. The van der Waals surface area contributed by atoms with E-state index in [1.807, 2.05) is 52.0 Å². The van der Waals surface area contributed by atoms with Gasteiger partial charge in [-0.3, -0.25) is 0 Å². The first-order valence-electron chi connectivity index (χ1n) is 4.93. The Morgan fingerprint density at radius 3 is 2.40 bits per heavy atom. The quantitative estimate of drug-likeness (QED) is 0.561. The molecule has 0 saturated heterocycles. The Hall–Kier alpha value is -0.800. The molecule has 0 fully saturated rings. The van der Waals surface area contributed by atoms with Crippen LogP contribution in [0.25, 0.3) is 0 Å². The van der Waals surface area contributed by atoms with Crippen LogP contribution in [0.15, 0.2) is 28.7 Å². The second-order valence-corrected chi connectivity index (χ2v) is 6.39. The zero-order chi connectivity index (χ0) is 11.5. The molecule has 3 heteroatoms. The molecule has 15 heavy (non-hydrogen) atoms. The Morgan fingerprint density at radius 1 is 1.27 bits per heavy atom. The zero-order valence-electron chi connectivity index (χ0n) is 9.65. The average Bonchev–Trinajstić information content (AvgIpc) is 2.14. The van der Waals surface area contributed by atoms with E-state index >= 15 is 0 Å². The summed E-state index contributed by atoms with van der Waals surface area (Å²) in [5.74, 6) is 0. The lowest BCUT2D eigenvalue weighted by atomic mass is 10.1. The van der Waals surface area contributed by atoms with Gasteiger partial charge in [-0.2, -0.15) is 0 Å². The van der Waals surface area contributed by atoms with E-state index in [-0.39, 0.29) is 4.75 Å². The van der Waals surface area contributed by atoms with Crippen LogP contribution in [0, 0.1) is 6.92 Å². The first-order chi connectivity index (χ1) is 6.91. The topological polar surface area (TPSA) is 35.4 Å². The van der Waals surface area contributed by atoms with E-state index in [9.17, 15) is 4.55 Å². The largest absolute Gasteiger partial charge is 0.591 e. The van der Waals surface area contributed by atoms with Crippen molar-refractivity contribution in [2.45, 2.75) is 32.4 Å². The molecule has 0 saturated carbocycles. The molecule has 82 valence electrons. The molecule has 2 nitrogen and oxygen atoms in total. The van der Waals surface area contributed by atoms with Gasteiger partial charge in [-0.05, 0) is 33.3 Å². The van der Waals surface area contributed by atoms with Crippen molar-refractivity contribution in [2.24, 2.45) is 4.40 Å². The summed E-state index contributed by atoms with van der Waals surface area (Å²) in [6.45, 7) is 7.76. The molecule has 0 aliphatic rings. The summed E-state index contributed by atoms with van der Waals surface area (Å²) >= 11 is -1.18. The van der Waals surface area contributed by atoms with E-state index in [0.717, 1.165) is 11.1 Å². The number of hydrogen-bond donors (Lipinski definition) is 0. The van der Waals surface area contributed by atoms with Crippen molar-refractivity contribution in [1.29, 1.82) is 0 Å². The molecule has 0 heterocycles. The predicted octanol–water partition coefficient (Wildman–Crippen LogP) is 2.88. The summed E-state index contributed by atoms with van der Waals surface area (Å²) in [5.41, 5.74) is 2.17. The van der Waals surface area contributed by atoms with Crippen molar-refractivity contribution < 1.29 is 4.55 Å². The minimum absolute atomic E-state index is 0.292. The number of rotatable bonds is 2. The summed E-state index contributed by atoms with van der Waals surface area (Å²) in [7, 11) is 0. The average molecular weight is 223 g/mol. The molecule has 1 aromatic rings. The van der Waals surface area contributed by atoms with E-state index < -0.39 is 11.4 Å². The lowest BCUT2D eigenvalue weighted by Gasteiger charge is -2.17. The molecule has 0 bridgehead atoms. The Bertz CT molecular complexity index is 355. The molecule has 0 aromatic heterocycles. The van der Waals surface area contributed by atoms with Gasteiger partial charge in [0.15, 0.2) is 0 Å². The third-order valence-electron chi connectivity index (χ3n) is 2.00. The summed E-state index contributed by atoms with van der Waals surface area (Å²) in [5, 5.41) is 0. The first kappa shape index (κ1) is 12.3. The van der Waals surface area contributed by atoms with E-state index in [2.05, 4.69) is 4.40 Å². The van der Waals surface area contributed by atoms with Gasteiger partial charge in [0, 0.05) is 5.56 Å². The highest BCUT2D eigenvalue weighted by molar-refractivity contribution is 7.91. The first-order valence-corrected chi connectivity index (χ1v) is 6.03. The zero-order valence-corrected chi connectivity index (χ0v) is 10.5. The Balaban J connectivity index is 2.79. The van der Waals surface area contributed by atoms with Crippen LogP contribution in [0.4, 0.5) is 0 Å². The molecule has 0 aliphatic heterocycles. The van der Waals surface area contributed by atoms with Gasteiger partial charge in [0.1, 0.15) is 16.1 Å². The molecule has 0 aliphatic carbocycles.